The van der Waals surface area contributed by atoms with Crippen molar-refractivity contribution < 1.29 is 9.50 Å². The number of aliphatic hydroxyl groups excluding tert-OH is 1. The predicted molar refractivity (Wildman–Crippen MR) is 98.4 cm³/mol. The van der Waals surface area contributed by atoms with Gasteiger partial charge in [-0.15, -0.1) is 0 Å². The SMILES string of the molecule is O[C@@H]1CN(C2CCN(c3ccccc3F)CC2)C[C@H]1Cc1cnccn1. The molecule has 1 aromatic carbocycles. The molecule has 26 heavy (non-hydrogen) atoms. The highest BCUT2D eigenvalue weighted by Crippen LogP contribution is 2.29. The van der Waals surface area contributed by atoms with Gasteiger partial charge in [0, 0.05) is 56.7 Å². The summed E-state index contributed by atoms with van der Waals surface area (Å²) in [6, 6.07) is 7.45. The van der Waals surface area contributed by atoms with Crippen molar-refractivity contribution in [3.8, 4) is 0 Å². The molecule has 0 spiro atoms. The van der Waals surface area contributed by atoms with Crippen LogP contribution in [-0.4, -0.2) is 58.3 Å². The molecule has 3 heterocycles. The van der Waals surface area contributed by atoms with Crippen molar-refractivity contribution in [2.75, 3.05) is 31.1 Å². The Morgan fingerprint density at radius 3 is 2.65 bits per heavy atom. The molecule has 0 aliphatic carbocycles. The number of likely N-dealkylation sites (tertiary alicyclic amines) is 1. The Hall–Kier alpha value is -2.05. The van der Waals surface area contributed by atoms with E-state index < -0.39 is 0 Å². The first-order chi connectivity index (χ1) is 12.7. The monoisotopic (exact) mass is 356 g/mol. The number of benzene rings is 1. The highest BCUT2D eigenvalue weighted by Gasteiger charge is 2.36. The highest BCUT2D eigenvalue weighted by molar-refractivity contribution is 5.47. The number of aliphatic hydroxyl groups is 1. The van der Waals surface area contributed by atoms with Gasteiger partial charge in [-0.25, -0.2) is 4.39 Å². The average Bonchev–Trinajstić information content (AvgIpc) is 3.04. The minimum atomic E-state index is -0.318. The predicted octanol–water partition coefficient (Wildman–Crippen LogP) is 2.12. The molecule has 0 saturated carbocycles. The van der Waals surface area contributed by atoms with E-state index in [1.807, 2.05) is 12.1 Å². The normalized spacial score (nSPS) is 24.9. The Morgan fingerprint density at radius 2 is 1.92 bits per heavy atom. The first kappa shape index (κ1) is 17.4. The summed E-state index contributed by atoms with van der Waals surface area (Å²) in [7, 11) is 0. The zero-order valence-electron chi connectivity index (χ0n) is 14.8. The van der Waals surface area contributed by atoms with Gasteiger partial charge in [0.2, 0.25) is 0 Å². The molecule has 0 unspecified atom stereocenters. The van der Waals surface area contributed by atoms with Crippen LogP contribution < -0.4 is 4.90 Å². The zero-order chi connectivity index (χ0) is 17.9. The summed E-state index contributed by atoms with van der Waals surface area (Å²) in [6.07, 6.45) is 7.60. The van der Waals surface area contributed by atoms with Gasteiger partial charge in [-0.1, -0.05) is 12.1 Å². The summed E-state index contributed by atoms with van der Waals surface area (Å²) in [4.78, 5) is 13.0. The number of anilines is 1. The van der Waals surface area contributed by atoms with Crippen molar-refractivity contribution in [3.63, 3.8) is 0 Å². The largest absolute Gasteiger partial charge is 0.391 e. The number of aromatic nitrogens is 2. The van der Waals surface area contributed by atoms with Crippen LogP contribution in [0.2, 0.25) is 0 Å². The van der Waals surface area contributed by atoms with Gasteiger partial charge in [0.1, 0.15) is 5.82 Å². The molecule has 0 radical (unpaired) electrons. The van der Waals surface area contributed by atoms with Crippen LogP contribution in [0.3, 0.4) is 0 Å². The smallest absolute Gasteiger partial charge is 0.146 e. The van der Waals surface area contributed by atoms with Crippen molar-refractivity contribution >= 4 is 5.69 Å². The molecule has 2 aliphatic rings. The number of piperidine rings is 1. The van der Waals surface area contributed by atoms with E-state index in [1.54, 1.807) is 24.7 Å². The number of halogens is 1. The lowest BCUT2D eigenvalue weighted by Gasteiger charge is -2.38. The standard InChI is InChI=1S/C20H25FN4O/c21-18-3-1-2-4-19(18)24-9-5-17(6-10-24)25-13-15(20(26)14-25)11-16-12-22-7-8-23-16/h1-4,7-8,12,15,17,20,26H,5-6,9-11,13-14H2/t15-,20-/m1/s1. The number of hydrogen-bond donors (Lipinski definition) is 1. The fourth-order valence-corrected chi connectivity index (χ4v) is 4.27. The fraction of sp³-hybridized carbons (Fsp3) is 0.500. The van der Waals surface area contributed by atoms with Gasteiger partial charge in [-0.05, 0) is 31.4 Å². The minimum Gasteiger partial charge on any atom is -0.391 e. The van der Waals surface area contributed by atoms with Crippen LogP contribution in [0.5, 0.6) is 0 Å². The molecular formula is C20H25FN4O. The molecule has 2 saturated heterocycles. The molecule has 6 heteroatoms. The third-order valence-corrected chi connectivity index (χ3v) is 5.70. The van der Waals surface area contributed by atoms with Crippen molar-refractivity contribution in [1.29, 1.82) is 0 Å². The first-order valence-corrected chi connectivity index (χ1v) is 9.37. The van der Waals surface area contributed by atoms with Crippen LogP contribution in [0.1, 0.15) is 18.5 Å². The van der Waals surface area contributed by atoms with E-state index in [0.717, 1.165) is 51.1 Å². The number of para-hydroxylation sites is 1. The summed E-state index contributed by atoms with van der Waals surface area (Å²) < 4.78 is 14.0. The lowest BCUT2D eigenvalue weighted by atomic mass is 10.00. The van der Waals surface area contributed by atoms with E-state index in [1.165, 1.54) is 6.07 Å². The Morgan fingerprint density at radius 1 is 1.12 bits per heavy atom. The van der Waals surface area contributed by atoms with Crippen LogP contribution in [0, 0.1) is 11.7 Å². The molecule has 0 bridgehead atoms. The van der Waals surface area contributed by atoms with Gasteiger partial charge in [-0.3, -0.25) is 14.9 Å². The molecule has 4 rings (SSSR count). The Balaban J connectivity index is 1.33. The summed E-state index contributed by atoms with van der Waals surface area (Å²) >= 11 is 0. The molecular weight excluding hydrogens is 331 g/mol. The molecule has 1 aromatic heterocycles. The van der Waals surface area contributed by atoms with E-state index in [0.29, 0.717) is 11.7 Å². The van der Waals surface area contributed by atoms with E-state index >= 15 is 0 Å². The first-order valence-electron chi connectivity index (χ1n) is 9.37. The van der Waals surface area contributed by atoms with Gasteiger partial charge in [0.25, 0.3) is 0 Å². The molecule has 2 aromatic rings. The van der Waals surface area contributed by atoms with Gasteiger partial charge in [0.15, 0.2) is 0 Å². The van der Waals surface area contributed by atoms with Crippen LogP contribution >= 0.6 is 0 Å². The zero-order valence-corrected chi connectivity index (χ0v) is 14.8. The molecule has 1 N–H and O–H groups in total. The van der Waals surface area contributed by atoms with Crippen molar-refractivity contribution in [2.45, 2.75) is 31.4 Å². The summed E-state index contributed by atoms with van der Waals surface area (Å²) in [5, 5.41) is 10.5. The Kier molecular flexibility index (Phi) is 5.13. The number of nitrogens with zero attached hydrogens (tertiary/aromatic N) is 4. The van der Waals surface area contributed by atoms with Gasteiger partial charge in [-0.2, -0.15) is 0 Å². The quantitative estimate of drug-likeness (QED) is 0.909. The van der Waals surface area contributed by atoms with Crippen molar-refractivity contribution in [1.82, 2.24) is 14.9 Å². The average molecular weight is 356 g/mol. The van der Waals surface area contributed by atoms with Gasteiger partial charge < -0.3 is 10.0 Å². The molecule has 2 aliphatic heterocycles. The molecule has 2 fully saturated rings. The van der Waals surface area contributed by atoms with E-state index in [4.69, 9.17) is 0 Å². The molecule has 5 nitrogen and oxygen atoms in total. The maximum absolute atomic E-state index is 14.0. The Bertz CT molecular complexity index is 721. The maximum atomic E-state index is 14.0. The lowest BCUT2D eigenvalue weighted by molar-refractivity contribution is 0.131. The van der Waals surface area contributed by atoms with Crippen LogP contribution in [0.15, 0.2) is 42.9 Å². The third kappa shape index (κ3) is 3.71. The van der Waals surface area contributed by atoms with E-state index in [2.05, 4.69) is 19.8 Å². The van der Waals surface area contributed by atoms with Crippen molar-refractivity contribution in [3.05, 3.63) is 54.4 Å². The van der Waals surface area contributed by atoms with Gasteiger partial charge >= 0.3 is 0 Å². The van der Waals surface area contributed by atoms with Crippen LogP contribution in [0.4, 0.5) is 10.1 Å². The lowest BCUT2D eigenvalue weighted by Crippen LogP contribution is -2.44. The highest BCUT2D eigenvalue weighted by atomic mass is 19.1. The summed E-state index contributed by atoms with van der Waals surface area (Å²) in [5.41, 5.74) is 1.64. The second-order valence-corrected chi connectivity index (χ2v) is 7.35. The van der Waals surface area contributed by atoms with E-state index in [9.17, 15) is 9.50 Å². The van der Waals surface area contributed by atoms with Crippen LogP contribution in [0.25, 0.3) is 0 Å². The summed E-state index contributed by atoms with van der Waals surface area (Å²) in [6.45, 7) is 3.32. The topological polar surface area (TPSA) is 52.5 Å². The number of β-amino-alcohol motifs (C(OH)–C–C–N with tert-alkyl or cyclic N) is 1. The van der Waals surface area contributed by atoms with Crippen LogP contribution in [-0.2, 0) is 6.42 Å². The van der Waals surface area contributed by atoms with Gasteiger partial charge in [0.05, 0.1) is 17.5 Å². The number of hydrogen-bond acceptors (Lipinski definition) is 5. The molecule has 2 atom stereocenters. The second kappa shape index (κ2) is 7.68. The molecule has 138 valence electrons. The maximum Gasteiger partial charge on any atom is 0.146 e. The molecule has 0 amide bonds. The third-order valence-electron chi connectivity index (χ3n) is 5.70. The minimum absolute atomic E-state index is 0.147. The summed E-state index contributed by atoms with van der Waals surface area (Å²) in [5.74, 6) is 0.0582. The fourth-order valence-electron chi connectivity index (χ4n) is 4.27. The Labute approximate surface area is 153 Å². The van der Waals surface area contributed by atoms with E-state index in [-0.39, 0.29) is 17.8 Å². The number of rotatable bonds is 4. The van der Waals surface area contributed by atoms with Crippen molar-refractivity contribution in [2.24, 2.45) is 5.92 Å². The second-order valence-electron chi connectivity index (χ2n) is 7.35.